The van der Waals surface area contributed by atoms with Crippen molar-refractivity contribution in [2.75, 3.05) is 12.4 Å². The highest BCUT2D eigenvalue weighted by Crippen LogP contribution is 2.17. The van der Waals surface area contributed by atoms with Gasteiger partial charge in [0.2, 0.25) is 0 Å². The molecule has 0 aliphatic heterocycles. The van der Waals surface area contributed by atoms with E-state index in [-0.39, 0.29) is 11.6 Å². The van der Waals surface area contributed by atoms with Crippen LogP contribution in [0.25, 0.3) is 0 Å². The molecule has 0 bridgehead atoms. The second-order valence-electron chi connectivity index (χ2n) is 4.65. The molecule has 1 N–H and O–H groups in total. The van der Waals surface area contributed by atoms with Crippen molar-refractivity contribution in [3.63, 3.8) is 0 Å². The highest BCUT2D eigenvalue weighted by atomic mass is 16.1. The van der Waals surface area contributed by atoms with Gasteiger partial charge in [0.15, 0.2) is 11.6 Å². The maximum atomic E-state index is 12.3. The number of hydrogen-bond donors (Lipinski definition) is 1. The third-order valence-electron chi connectivity index (χ3n) is 3.22. The van der Waals surface area contributed by atoms with Crippen LogP contribution in [0, 0.1) is 0 Å². The molecule has 2 aromatic carbocycles. The van der Waals surface area contributed by atoms with Gasteiger partial charge in [-0.15, -0.1) is 0 Å². The number of ketones is 2. The molecule has 0 saturated carbocycles. The molecule has 2 aromatic rings. The van der Waals surface area contributed by atoms with Crippen LogP contribution in [0.4, 0.5) is 5.69 Å². The Balaban J connectivity index is 2.17. The lowest BCUT2D eigenvalue weighted by Gasteiger charge is -2.08. The number of para-hydroxylation sites is 1. The van der Waals surface area contributed by atoms with E-state index < -0.39 is 0 Å². The summed E-state index contributed by atoms with van der Waals surface area (Å²) >= 11 is 0. The molecule has 0 unspecified atom stereocenters. The highest BCUT2D eigenvalue weighted by molar-refractivity contribution is 6.02. The van der Waals surface area contributed by atoms with Crippen LogP contribution in [0.2, 0.25) is 0 Å². The number of carbonyl (C=O) groups is 2. The van der Waals surface area contributed by atoms with E-state index in [1.54, 1.807) is 19.2 Å². The van der Waals surface area contributed by atoms with E-state index in [0.717, 1.165) is 11.3 Å². The van der Waals surface area contributed by atoms with Crippen LogP contribution in [0.3, 0.4) is 0 Å². The number of Topliss-reactive ketones (excluding diaryl/α,β-unsaturated/α-hetero) is 2. The van der Waals surface area contributed by atoms with Gasteiger partial charge in [-0.2, -0.15) is 0 Å². The van der Waals surface area contributed by atoms with Crippen LogP contribution in [0.5, 0.6) is 0 Å². The number of nitrogens with one attached hydrogen (secondary N) is 1. The zero-order chi connectivity index (χ0) is 14.5. The largest absolute Gasteiger partial charge is 0.388 e. The second-order valence-corrected chi connectivity index (χ2v) is 4.65. The summed E-state index contributed by atoms with van der Waals surface area (Å²) in [5, 5.41) is 3.02. The molecule has 102 valence electrons. The Labute approximate surface area is 118 Å². The van der Waals surface area contributed by atoms with Gasteiger partial charge < -0.3 is 5.32 Å². The minimum absolute atomic E-state index is 0.0309. The molecule has 0 aliphatic carbocycles. The fourth-order valence-electron chi connectivity index (χ4n) is 2.08. The maximum absolute atomic E-state index is 12.3. The second kappa shape index (κ2) is 6.15. The molecule has 0 aromatic heterocycles. The van der Waals surface area contributed by atoms with E-state index in [1.807, 2.05) is 36.4 Å². The van der Waals surface area contributed by atoms with Crippen molar-refractivity contribution in [2.24, 2.45) is 0 Å². The third kappa shape index (κ3) is 3.12. The Hall–Kier alpha value is -2.42. The van der Waals surface area contributed by atoms with Crippen molar-refractivity contribution < 1.29 is 9.59 Å². The van der Waals surface area contributed by atoms with Crippen LogP contribution >= 0.6 is 0 Å². The van der Waals surface area contributed by atoms with Gasteiger partial charge in [0.1, 0.15) is 0 Å². The summed E-state index contributed by atoms with van der Waals surface area (Å²) in [6.07, 6.45) is 0.330. The number of benzene rings is 2. The predicted octanol–water partition coefficient (Wildman–Crippen LogP) is 3.36. The molecular weight excluding hydrogens is 250 g/mol. The monoisotopic (exact) mass is 267 g/mol. The molecule has 3 heteroatoms. The standard InChI is InChI=1S/C17H17NO2/c1-12(19)14-9-7-13(8-10-14)11-17(20)15-5-3-4-6-16(15)18-2/h3-10,18H,11H2,1-2H3. The lowest BCUT2D eigenvalue weighted by molar-refractivity contribution is 0.0991. The average molecular weight is 267 g/mol. The molecule has 0 spiro atoms. The van der Waals surface area contributed by atoms with Crippen LogP contribution < -0.4 is 5.32 Å². The molecule has 0 amide bonds. The number of hydrogen-bond acceptors (Lipinski definition) is 3. The van der Waals surface area contributed by atoms with Gasteiger partial charge in [-0.1, -0.05) is 36.4 Å². The molecule has 0 heterocycles. The first-order chi connectivity index (χ1) is 9.61. The Morgan fingerprint density at radius 2 is 1.65 bits per heavy atom. The lowest BCUT2D eigenvalue weighted by Crippen LogP contribution is -2.07. The summed E-state index contributed by atoms with van der Waals surface area (Å²) in [6, 6.07) is 14.6. The van der Waals surface area contributed by atoms with E-state index in [9.17, 15) is 9.59 Å². The Morgan fingerprint density at radius 1 is 1.00 bits per heavy atom. The molecule has 0 radical (unpaired) electrons. The fourth-order valence-corrected chi connectivity index (χ4v) is 2.08. The van der Waals surface area contributed by atoms with Gasteiger partial charge >= 0.3 is 0 Å². The Morgan fingerprint density at radius 3 is 2.25 bits per heavy atom. The van der Waals surface area contributed by atoms with Crippen molar-refractivity contribution in [1.82, 2.24) is 0 Å². The quantitative estimate of drug-likeness (QED) is 0.845. The van der Waals surface area contributed by atoms with Gasteiger partial charge in [-0.25, -0.2) is 0 Å². The summed E-state index contributed by atoms with van der Waals surface area (Å²) in [6.45, 7) is 1.53. The number of rotatable bonds is 5. The van der Waals surface area contributed by atoms with Crippen LogP contribution in [0.15, 0.2) is 48.5 Å². The molecule has 0 saturated heterocycles. The van der Waals surface area contributed by atoms with Crippen molar-refractivity contribution in [1.29, 1.82) is 0 Å². The zero-order valence-electron chi connectivity index (χ0n) is 11.6. The first-order valence-corrected chi connectivity index (χ1v) is 6.51. The molecule has 20 heavy (non-hydrogen) atoms. The van der Waals surface area contributed by atoms with Crippen LogP contribution in [-0.2, 0) is 6.42 Å². The van der Waals surface area contributed by atoms with Gasteiger partial charge in [0, 0.05) is 30.3 Å². The SMILES string of the molecule is CNc1ccccc1C(=O)Cc1ccc(C(C)=O)cc1. The molecule has 0 atom stereocenters. The number of anilines is 1. The van der Waals surface area contributed by atoms with Gasteiger partial charge in [0.25, 0.3) is 0 Å². The third-order valence-corrected chi connectivity index (χ3v) is 3.22. The summed E-state index contributed by atoms with van der Waals surface area (Å²) in [4.78, 5) is 23.5. The lowest BCUT2D eigenvalue weighted by atomic mass is 10.00. The van der Waals surface area contributed by atoms with Crippen LogP contribution in [-0.4, -0.2) is 18.6 Å². The maximum Gasteiger partial charge on any atom is 0.169 e. The van der Waals surface area contributed by atoms with E-state index in [1.165, 1.54) is 6.92 Å². The summed E-state index contributed by atoms with van der Waals surface area (Å²) in [5.41, 5.74) is 3.09. The van der Waals surface area contributed by atoms with Crippen molar-refractivity contribution in [2.45, 2.75) is 13.3 Å². The van der Waals surface area contributed by atoms with Gasteiger partial charge in [-0.05, 0) is 24.6 Å². The predicted molar refractivity (Wildman–Crippen MR) is 80.5 cm³/mol. The van der Waals surface area contributed by atoms with E-state index in [0.29, 0.717) is 17.5 Å². The summed E-state index contributed by atoms with van der Waals surface area (Å²) in [7, 11) is 1.80. The smallest absolute Gasteiger partial charge is 0.169 e. The normalized spacial score (nSPS) is 10.1. The molecule has 0 aliphatic rings. The highest BCUT2D eigenvalue weighted by Gasteiger charge is 2.11. The summed E-state index contributed by atoms with van der Waals surface area (Å²) < 4.78 is 0. The first kappa shape index (κ1) is 14.0. The van der Waals surface area contributed by atoms with Gasteiger partial charge in [0.05, 0.1) is 0 Å². The first-order valence-electron chi connectivity index (χ1n) is 6.51. The minimum atomic E-state index is 0.0309. The van der Waals surface area contributed by atoms with Gasteiger partial charge in [-0.3, -0.25) is 9.59 Å². The van der Waals surface area contributed by atoms with E-state index in [4.69, 9.17) is 0 Å². The van der Waals surface area contributed by atoms with E-state index in [2.05, 4.69) is 5.32 Å². The summed E-state index contributed by atoms with van der Waals surface area (Å²) in [5.74, 6) is 0.0916. The number of carbonyl (C=O) groups excluding carboxylic acids is 2. The molecule has 3 nitrogen and oxygen atoms in total. The van der Waals surface area contributed by atoms with Crippen molar-refractivity contribution in [3.8, 4) is 0 Å². The fraction of sp³-hybridized carbons (Fsp3) is 0.176. The van der Waals surface area contributed by atoms with Crippen LogP contribution in [0.1, 0.15) is 33.2 Å². The van der Waals surface area contributed by atoms with Crippen molar-refractivity contribution >= 4 is 17.3 Å². The van der Waals surface area contributed by atoms with Crippen molar-refractivity contribution in [3.05, 3.63) is 65.2 Å². The molecule has 0 fully saturated rings. The average Bonchev–Trinajstić information content (AvgIpc) is 2.47. The topological polar surface area (TPSA) is 46.2 Å². The Kier molecular flexibility index (Phi) is 4.31. The zero-order valence-corrected chi connectivity index (χ0v) is 11.6. The minimum Gasteiger partial charge on any atom is -0.388 e. The Bertz CT molecular complexity index is 630. The molecular formula is C17H17NO2. The van der Waals surface area contributed by atoms with E-state index >= 15 is 0 Å². The molecule has 2 rings (SSSR count).